The lowest BCUT2D eigenvalue weighted by Gasteiger charge is -2.28. The number of fused-ring (bicyclic) bond motifs is 4. The summed E-state index contributed by atoms with van der Waals surface area (Å²) >= 11 is 0. The third-order valence-corrected chi connectivity index (χ3v) is 11.3. The van der Waals surface area contributed by atoms with E-state index in [9.17, 15) is 5.48 Å². The Morgan fingerprint density at radius 3 is 1.59 bits per heavy atom. The van der Waals surface area contributed by atoms with Crippen LogP contribution in [0.5, 0.6) is 0 Å². The third kappa shape index (κ3) is 5.99. The van der Waals surface area contributed by atoms with E-state index in [-0.39, 0.29) is 40.8 Å². The Bertz CT molecular complexity index is 3070. The maximum absolute atomic E-state index is 9.63. The summed E-state index contributed by atoms with van der Waals surface area (Å²) < 4.78 is 38.3. The quantitative estimate of drug-likeness (QED) is 0.159. The van der Waals surface area contributed by atoms with Gasteiger partial charge in [0, 0.05) is 22.5 Å². The first-order valence-corrected chi connectivity index (χ1v) is 19.2. The zero-order valence-electron chi connectivity index (χ0n) is 35.3. The average molecular weight is 720 g/mol. The molecule has 0 fully saturated rings. The van der Waals surface area contributed by atoms with Gasteiger partial charge >= 0.3 is 0 Å². The van der Waals surface area contributed by atoms with E-state index >= 15 is 0 Å². The molecule has 56 heavy (non-hydrogen) atoms. The highest BCUT2D eigenvalue weighted by atomic mass is 15.1. The number of rotatable bonds is 7. The largest absolute Gasteiger partial charge is 0.310 e. The van der Waals surface area contributed by atoms with E-state index in [1.54, 1.807) is 0 Å². The molecule has 0 aromatic heterocycles. The Kier molecular flexibility index (Phi) is 7.20. The van der Waals surface area contributed by atoms with Crippen molar-refractivity contribution in [1.29, 1.82) is 0 Å². The maximum atomic E-state index is 9.63. The molecule has 1 aliphatic carbocycles. The summed E-state index contributed by atoms with van der Waals surface area (Å²) in [4.78, 5) is 1.90. The molecule has 0 saturated heterocycles. The molecule has 0 aliphatic heterocycles. The molecule has 10 rings (SSSR count). The van der Waals surface area contributed by atoms with Crippen LogP contribution in [0.4, 0.5) is 17.1 Å². The normalized spacial score (nSPS) is 13.6. The predicted molar refractivity (Wildman–Crippen MR) is 238 cm³/mol. The van der Waals surface area contributed by atoms with Crippen molar-refractivity contribution in [2.45, 2.75) is 19.3 Å². The Morgan fingerprint density at radius 1 is 0.339 bits per heavy atom. The Labute approximate surface area is 335 Å². The van der Waals surface area contributed by atoms with E-state index in [1.165, 1.54) is 16.7 Å². The summed E-state index contributed by atoms with van der Waals surface area (Å²) in [5.74, 6) is 0. The molecule has 1 heteroatoms. The molecular weight excluding hydrogens is 675 g/mol. The van der Waals surface area contributed by atoms with E-state index in [2.05, 4.69) is 129 Å². The fraction of sp³-hybridized carbons (Fsp3) is 0.0545. The molecule has 0 spiro atoms. The first-order valence-electron chi connectivity index (χ1n) is 21.2. The van der Waals surface area contributed by atoms with Crippen LogP contribution in [0.1, 0.15) is 30.5 Å². The van der Waals surface area contributed by atoms with Crippen LogP contribution in [0.3, 0.4) is 0 Å². The van der Waals surface area contributed by atoms with Crippen LogP contribution in [0.25, 0.3) is 66.4 Å². The molecule has 0 unspecified atom stereocenters. The second kappa shape index (κ2) is 13.7. The van der Waals surface area contributed by atoms with Gasteiger partial charge in [0.25, 0.3) is 0 Å². The number of anilines is 3. The van der Waals surface area contributed by atoms with Gasteiger partial charge in [-0.1, -0.05) is 178 Å². The van der Waals surface area contributed by atoms with Crippen molar-refractivity contribution in [3.63, 3.8) is 0 Å². The van der Waals surface area contributed by atoms with Crippen LogP contribution in [0.2, 0.25) is 0 Å². The van der Waals surface area contributed by atoms with E-state index in [1.807, 2.05) is 77.7 Å². The van der Waals surface area contributed by atoms with Crippen LogP contribution in [-0.4, -0.2) is 0 Å². The maximum Gasteiger partial charge on any atom is 0.0645 e. The summed E-state index contributed by atoms with van der Waals surface area (Å²) in [6, 6.07) is 63.9. The monoisotopic (exact) mass is 719 g/mol. The highest BCUT2D eigenvalue weighted by Crippen LogP contribution is 2.50. The Balaban J connectivity index is 1.09. The molecule has 266 valence electrons. The molecule has 0 amide bonds. The van der Waals surface area contributed by atoms with E-state index < -0.39 is 0 Å². The number of benzene rings is 9. The van der Waals surface area contributed by atoms with Gasteiger partial charge in [-0.15, -0.1) is 0 Å². The molecule has 0 atom stereocenters. The number of hydrogen-bond donors (Lipinski definition) is 0. The lowest BCUT2D eigenvalue weighted by atomic mass is 9.82. The zero-order chi connectivity index (χ0) is 41.1. The summed E-state index contributed by atoms with van der Waals surface area (Å²) in [6.45, 7) is 4.47. The Morgan fingerprint density at radius 2 is 0.857 bits per heavy atom. The van der Waals surface area contributed by atoms with Crippen LogP contribution < -0.4 is 4.90 Å². The topological polar surface area (TPSA) is 3.24 Å². The lowest BCUT2D eigenvalue weighted by Crippen LogP contribution is -2.16. The molecule has 9 aromatic carbocycles. The van der Waals surface area contributed by atoms with E-state index in [0.29, 0.717) is 5.56 Å². The third-order valence-electron chi connectivity index (χ3n) is 11.3. The van der Waals surface area contributed by atoms with Gasteiger partial charge in [-0.05, 0) is 126 Å². The molecule has 1 aliphatic rings. The molecular formula is C55H41N. The number of nitrogens with zero attached hydrogens (tertiary/aromatic N) is 1. The lowest BCUT2D eigenvalue weighted by molar-refractivity contribution is 0.660. The van der Waals surface area contributed by atoms with Crippen molar-refractivity contribution in [3.8, 4) is 55.6 Å². The molecule has 0 radical (unpaired) electrons. The molecule has 9 aromatic rings. The van der Waals surface area contributed by atoms with Gasteiger partial charge in [0.05, 0.1) is 5.48 Å². The molecule has 1 nitrogen and oxygen atoms in total. The minimum Gasteiger partial charge on any atom is -0.310 e. The van der Waals surface area contributed by atoms with Crippen molar-refractivity contribution < 1.29 is 5.48 Å². The SMILES string of the molecule is [2H]c1c([2H])c(N(c2ccc(-c3ccc(-c4ccccc4)cc3)cc2)c2ccc3c(c2)C(C)(C)c2ccccc2-3)c([2H])c([2H])c1-c1cccc(-c2ccc3ccccc3c2)c1. The highest BCUT2D eigenvalue weighted by Gasteiger charge is 2.35. The van der Waals surface area contributed by atoms with Gasteiger partial charge < -0.3 is 4.90 Å². The minimum absolute atomic E-state index is 0.0873. The second-order valence-corrected chi connectivity index (χ2v) is 15.1. The van der Waals surface area contributed by atoms with Crippen molar-refractivity contribution in [1.82, 2.24) is 0 Å². The number of hydrogen-bond acceptors (Lipinski definition) is 1. The molecule has 0 heterocycles. The molecule has 0 saturated carbocycles. The van der Waals surface area contributed by atoms with Crippen molar-refractivity contribution in [2.24, 2.45) is 0 Å². The van der Waals surface area contributed by atoms with Crippen molar-refractivity contribution in [3.05, 3.63) is 223 Å². The van der Waals surface area contributed by atoms with Crippen LogP contribution in [0, 0.1) is 0 Å². The van der Waals surface area contributed by atoms with Gasteiger partial charge in [0.15, 0.2) is 0 Å². The van der Waals surface area contributed by atoms with Gasteiger partial charge in [-0.25, -0.2) is 0 Å². The van der Waals surface area contributed by atoms with Crippen LogP contribution >= 0.6 is 0 Å². The van der Waals surface area contributed by atoms with Crippen molar-refractivity contribution >= 4 is 27.8 Å². The van der Waals surface area contributed by atoms with Crippen LogP contribution in [-0.2, 0) is 5.41 Å². The van der Waals surface area contributed by atoms with Crippen molar-refractivity contribution in [2.75, 3.05) is 4.90 Å². The zero-order valence-corrected chi connectivity index (χ0v) is 31.3. The fourth-order valence-corrected chi connectivity index (χ4v) is 8.31. The molecule has 0 bridgehead atoms. The minimum atomic E-state index is -0.280. The summed E-state index contributed by atoms with van der Waals surface area (Å²) in [5.41, 5.74) is 13.5. The second-order valence-electron chi connectivity index (χ2n) is 15.1. The smallest absolute Gasteiger partial charge is 0.0645 e. The molecule has 0 N–H and O–H groups in total. The summed E-state index contributed by atoms with van der Waals surface area (Å²) in [5, 5.41) is 2.28. The van der Waals surface area contributed by atoms with Crippen LogP contribution in [0.15, 0.2) is 212 Å². The first-order chi connectivity index (χ1) is 29.2. The predicted octanol–water partition coefficient (Wildman–Crippen LogP) is 15.3. The first kappa shape index (κ1) is 29.4. The highest BCUT2D eigenvalue weighted by molar-refractivity contribution is 5.89. The van der Waals surface area contributed by atoms with Gasteiger partial charge in [-0.3, -0.25) is 0 Å². The van der Waals surface area contributed by atoms with Gasteiger partial charge in [0.1, 0.15) is 0 Å². The van der Waals surface area contributed by atoms with E-state index in [0.717, 1.165) is 61.1 Å². The fourth-order valence-electron chi connectivity index (χ4n) is 8.31. The Hall–Kier alpha value is -6.96. The van der Waals surface area contributed by atoms with Gasteiger partial charge in [0.2, 0.25) is 0 Å². The summed E-state index contributed by atoms with van der Waals surface area (Å²) in [7, 11) is 0. The summed E-state index contributed by atoms with van der Waals surface area (Å²) in [6.07, 6.45) is 0. The van der Waals surface area contributed by atoms with E-state index in [4.69, 9.17) is 0 Å². The average Bonchev–Trinajstić information content (AvgIpc) is 3.52. The van der Waals surface area contributed by atoms with Gasteiger partial charge in [-0.2, -0.15) is 0 Å². The standard InChI is InChI=1S/C55H41N/c1-55(2)53-18-9-8-17-51(53)52-34-33-50(37-54(52)55)56(48-29-25-42(26-30-48)41-21-19-40(20-22-41)38-11-4-3-5-12-38)49-31-27-43(28-32-49)45-15-10-16-46(35-45)47-24-23-39-13-6-7-14-44(39)36-47/h3-37H,1-2H3/i27D,28D,31D,32D.